The Morgan fingerprint density at radius 2 is 2.05 bits per heavy atom. The standard InChI is InChI=1S/C15H28N2O2/c1-2-6-15(7-3-8-15)12-16-14(19)17-9-4-13(11-18)5-10-17/h13,18H,2-12H2,1H3,(H,16,19). The lowest BCUT2D eigenvalue weighted by atomic mass is 9.66. The molecule has 2 fully saturated rings. The summed E-state index contributed by atoms with van der Waals surface area (Å²) in [5.41, 5.74) is 0.397. The molecule has 0 bridgehead atoms. The fourth-order valence-electron chi connectivity index (χ4n) is 3.42. The number of carbonyl (C=O) groups is 1. The first-order chi connectivity index (χ1) is 9.19. The van der Waals surface area contributed by atoms with Gasteiger partial charge in [-0.15, -0.1) is 0 Å². The highest BCUT2D eigenvalue weighted by Crippen LogP contribution is 2.44. The molecular weight excluding hydrogens is 240 g/mol. The summed E-state index contributed by atoms with van der Waals surface area (Å²) in [6.45, 7) is 4.91. The molecule has 4 heteroatoms. The first kappa shape index (κ1) is 14.6. The SMILES string of the molecule is CCCC1(CNC(=O)N2CCC(CO)CC2)CCC1. The fraction of sp³-hybridized carbons (Fsp3) is 0.933. The Bertz CT molecular complexity index is 295. The number of nitrogens with one attached hydrogen (secondary N) is 1. The molecule has 1 aliphatic carbocycles. The highest BCUT2D eigenvalue weighted by molar-refractivity contribution is 5.74. The molecule has 0 radical (unpaired) electrons. The van der Waals surface area contributed by atoms with Gasteiger partial charge in [0, 0.05) is 26.2 Å². The Hall–Kier alpha value is -0.770. The van der Waals surface area contributed by atoms with E-state index in [1.165, 1.54) is 32.1 Å². The van der Waals surface area contributed by atoms with E-state index in [-0.39, 0.29) is 12.6 Å². The van der Waals surface area contributed by atoms with Crippen LogP contribution in [0.5, 0.6) is 0 Å². The Labute approximate surface area is 116 Å². The maximum atomic E-state index is 12.1. The van der Waals surface area contributed by atoms with Crippen molar-refractivity contribution in [1.82, 2.24) is 10.2 Å². The molecule has 1 heterocycles. The van der Waals surface area contributed by atoms with E-state index in [0.717, 1.165) is 32.5 Å². The molecule has 19 heavy (non-hydrogen) atoms. The molecule has 2 N–H and O–H groups in total. The minimum Gasteiger partial charge on any atom is -0.396 e. The van der Waals surface area contributed by atoms with Crippen LogP contribution in [0.15, 0.2) is 0 Å². The lowest BCUT2D eigenvalue weighted by molar-refractivity contribution is 0.106. The minimum absolute atomic E-state index is 0.0961. The van der Waals surface area contributed by atoms with Crippen molar-refractivity contribution in [2.75, 3.05) is 26.2 Å². The van der Waals surface area contributed by atoms with E-state index in [0.29, 0.717) is 11.3 Å². The fourth-order valence-corrected chi connectivity index (χ4v) is 3.42. The molecule has 0 unspecified atom stereocenters. The zero-order valence-corrected chi connectivity index (χ0v) is 12.2. The van der Waals surface area contributed by atoms with Crippen molar-refractivity contribution in [3.63, 3.8) is 0 Å². The van der Waals surface area contributed by atoms with Crippen molar-refractivity contribution < 1.29 is 9.90 Å². The van der Waals surface area contributed by atoms with Crippen molar-refractivity contribution in [1.29, 1.82) is 0 Å². The first-order valence-electron chi connectivity index (χ1n) is 7.83. The molecule has 0 spiro atoms. The molecule has 1 saturated carbocycles. The van der Waals surface area contributed by atoms with Crippen LogP contribution >= 0.6 is 0 Å². The van der Waals surface area contributed by atoms with Crippen LogP contribution in [-0.4, -0.2) is 42.3 Å². The molecule has 2 amide bonds. The molecule has 0 atom stereocenters. The van der Waals surface area contributed by atoms with Gasteiger partial charge in [-0.05, 0) is 43.4 Å². The lowest BCUT2D eigenvalue weighted by Gasteiger charge is -2.42. The number of nitrogens with zero attached hydrogens (tertiary/aromatic N) is 1. The highest BCUT2D eigenvalue weighted by atomic mass is 16.3. The van der Waals surface area contributed by atoms with Crippen LogP contribution in [0.1, 0.15) is 51.9 Å². The number of likely N-dealkylation sites (tertiary alicyclic amines) is 1. The van der Waals surface area contributed by atoms with Crippen molar-refractivity contribution in [3.8, 4) is 0 Å². The van der Waals surface area contributed by atoms with Crippen LogP contribution in [0.3, 0.4) is 0 Å². The largest absolute Gasteiger partial charge is 0.396 e. The van der Waals surface area contributed by atoms with Crippen LogP contribution in [0.2, 0.25) is 0 Å². The number of piperidine rings is 1. The van der Waals surface area contributed by atoms with Crippen LogP contribution in [0.25, 0.3) is 0 Å². The molecular formula is C15H28N2O2. The second kappa shape index (κ2) is 6.60. The molecule has 1 aliphatic heterocycles. The van der Waals surface area contributed by atoms with Crippen LogP contribution in [-0.2, 0) is 0 Å². The predicted octanol–water partition coefficient (Wildman–Crippen LogP) is 2.37. The summed E-state index contributed by atoms with van der Waals surface area (Å²) in [4.78, 5) is 14.0. The topological polar surface area (TPSA) is 52.6 Å². The van der Waals surface area contributed by atoms with Gasteiger partial charge in [-0.2, -0.15) is 0 Å². The molecule has 0 aromatic rings. The van der Waals surface area contributed by atoms with Gasteiger partial charge < -0.3 is 15.3 Å². The van der Waals surface area contributed by atoms with Crippen molar-refractivity contribution in [2.24, 2.45) is 11.3 Å². The smallest absolute Gasteiger partial charge is 0.317 e. The van der Waals surface area contributed by atoms with Crippen molar-refractivity contribution in [2.45, 2.75) is 51.9 Å². The van der Waals surface area contributed by atoms with Crippen LogP contribution < -0.4 is 5.32 Å². The number of carbonyl (C=O) groups excluding carboxylic acids is 1. The Morgan fingerprint density at radius 1 is 1.37 bits per heavy atom. The minimum atomic E-state index is 0.0961. The molecule has 1 saturated heterocycles. The molecule has 4 nitrogen and oxygen atoms in total. The van der Waals surface area contributed by atoms with E-state index >= 15 is 0 Å². The summed E-state index contributed by atoms with van der Waals surface area (Å²) < 4.78 is 0. The second-order valence-corrected chi connectivity index (χ2v) is 6.38. The van der Waals surface area contributed by atoms with E-state index in [9.17, 15) is 4.79 Å². The second-order valence-electron chi connectivity index (χ2n) is 6.38. The average molecular weight is 268 g/mol. The Balaban J connectivity index is 1.72. The number of urea groups is 1. The zero-order valence-electron chi connectivity index (χ0n) is 12.2. The first-order valence-corrected chi connectivity index (χ1v) is 7.83. The third-order valence-corrected chi connectivity index (χ3v) is 4.97. The summed E-state index contributed by atoms with van der Waals surface area (Å²) in [5.74, 6) is 0.391. The van der Waals surface area contributed by atoms with E-state index in [1.807, 2.05) is 4.90 Å². The van der Waals surface area contributed by atoms with E-state index in [4.69, 9.17) is 5.11 Å². The van der Waals surface area contributed by atoms with Crippen molar-refractivity contribution >= 4 is 6.03 Å². The monoisotopic (exact) mass is 268 g/mol. The van der Waals surface area contributed by atoms with Gasteiger partial charge in [0.1, 0.15) is 0 Å². The summed E-state index contributed by atoms with van der Waals surface area (Å²) in [5, 5.41) is 12.2. The number of aliphatic hydroxyl groups excluding tert-OH is 1. The number of aliphatic hydroxyl groups is 1. The van der Waals surface area contributed by atoms with Gasteiger partial charge in [0.15, 0.2) is 0 Å². The molecule has 110 valence electrons. The van der Waals surface area contributed by atoms with Gasteiger partial charge in [0.25, 0.3) is 0 Å². The average Bonchev–Trinajstić information content (AvgIpc) is 2.41. The number of hydrogen-bond acceptors (Lipinski definition) is 2. The van der Waals surface area contributed by atoms with Gasteiger partial charge in [0.2, 0.25) is 0 Å². The Morgan fingerprint density at radius 3 is 2.53 bits per heavy atom. The summed E-state index contributed by atoms with van der Waals surface area (Å²) in [6, 6.07) is 0.0961. The zero-order chi connectivity index (χ0) is 13.7. The van der Waals surface area contributed by atoms with Crippen molar-refractivity contribution in [3.05, 3.63) is 0 Å². The van der Waals surface area contributed by atoms with E-state index in [1.54, 1.807) is 0 Å². The maximum Gasteiger partial charge on any atom is 0.317 e. The molecule has 2 rings (SSSR count). The normalized spacial score (nSPS) is 22.9. The summed E-state index contributed by atoms with van der Waals surface area (Å²) in [6.07, 6.45) is 8.17. The molecule has 0 aromatic carbocycles. The number of hydrogen-bond donors (Lipinski definition) is 2. The van der Waals surface area contributed by atoms with Gasteiger partial charge in [-0.25, -0.2) is 4.79 Å². The van der Waals surface area contributed by atoms with Crippen LogP contribution in [0, 0.1) is 11.3 Å². The van der Waals surface area contributed by atoms with Gasteiger partial charge in [0.05, 0.1) is 0 Å². The summed E-state index contributed by atoms with van der Waals surface area (Å²) >= 11 is 0. The van der Waals surface area contributed by atoms with E-state index in [2.05, 4.69) is 12.2 Å². The number of amides is 2. The maximum absolute atomic E-state index is 12.1. The molecule has 2 aliphatic rings. The lowest BCUT2D eigenvalue weighted by Crippen LogP contribution is -2.49. The van der Waals surface area contributed by atoms with Crippen LogP contribution in [0.4, 0.5) is 4.79 Å². The third kappa shape index (κ3) is 3.62. The summed E-state index contributed by atoms with van der Waals surface area (Å²) in [7, 11) is 0. The molecule has 0 aromatic heterocycles. The van der Waals surface area contributed by atoms with Gasteiger partial charge in [-0.1, -0.05) is 19.8 Å². The van der Waals surface area contributed by atoms with E-state index < -0.39 is 0 Å². The Kier molecular flexibility index (Phi) is 5.08. The predicted molar refractivity (Wildman–Crippen MR) is 76.0 cm³/mol. The van der Waals surface area contributed by atoms with Gasteiger partial charge in [-0.3, -0.25) is 0 Å². The highest BCUT2D eigenvalue weighted by Gasteiger charge is 2.36. The third-order valence-electron chi connectivity index (χ3n) is 4.97. The quantitative estimate of drug-likeness (QED) is 0.804. The van der Waals surface area contributed by atoms with Gasteiger partial charge >= 0.3 is 6.03 Å². The number of rotatable bonds is 5.